The first-order valence-corrected chi connectivity index (χ1v) is 12.2. The fourth-order valence-corrected chi connectivity index (χ4v) is 6.15. The molecule has 1 saturated carbocycles. The van der Waals surface area contributed by atoms with E-state index in [4.69, 9.17) is 4.74 Å². The van der Waals surface area contributed by atoms with Gasteiger partial charge in [-0.15, -0.1) is 11.3 Å². The topological polar surface area (TPSA) is 9.23 Å². The summed E-state index contributed by atoms with van der Waals surface area (Å²) in [5, 5.41) is 0. The fraction of sp³-hybridized carbons (Fsp3) is 0.407. The minimum atomic E-state index is -0.497. The van der Waals surface area contributed by atoms with Gasteiger partial charge in [0.1, 0.15) is 11.6 Å². The molecular weight excluding hydrogens is 410 g/mol. The van der Waals surface area contributed by atoms with Crippen molar-refractivity contribution < 1.29 is 13.5 Å². The molecule has 1 saturated heterocycles. The highest BCUT2D eigenvalue weighted by Gasteiger charge is 2.22. The van der Waals surface area contributed by atoms with Gasteiger partial charge in [0.15, 0.2) is 0 Å². The highest BCUT2D eigenvalue weighted by Crippen LogP contribution is 2.42. The van der Waals surface area contributed by atoms with Crippen LogP contribution >= 0.6 is 11.3 Å². The third-order valence-electron chi connectivity index (χ3n) is 6.79. The van der Waals surface area contributed by atoms with Crippen molar-refractivity contribution in [1.82, 2.24) is 0 Å². The van der Waals surface area contributed by atoms with Gasteiger partial charge >= 0.3 is 0 Å². The summed E-state index contributed by atoms with van der Waals surface area (Å²) < 4.78 is 36.0. The van der Waals surface area contributed by atoms with Crippen LogP contribution < -0.4 is 0 Å². The Morgan fingerprint density at radius 3 is 2.19 bits per heavy atom. The lowest BCUT2D eigenvalue weighted by Crippen LogP contribution is -2.18. The monoisotopic (exact) mass is 438 g/mol. The van der Waals surface area contributed by atoms with Crippen molar-refractivity contribution in [2.24, 2.45) is 5.92 Å². The van der Waals surface area contributed by atoms with E-state index in [1.165, 1.54) is 54.0 Å². The normalized spacial score (nSPS) is 22.2. The molecule has 5 rings (SSSR count). The van der Waals surface area contributed by atoms with E-state index in [0.717, 1.165) is 30.6 Å². The van der Waals surface area contributed by atoms with E-state index in [-0.39, 0.29) is 11.7 Å². The molecule has 2 unspecified atom stereocenters. The molecule has 0 N–H and O–H groups in total. The first kappa shape index (κ1) is 20.8. The van der Waals surface area contributed by atoms with E-state index in [2.05, 4.69) is 13.0 Å². The molecule has 1 aliphatic heterocycles. The largest absolute Gasteiger partial charge is 0.373 e. The smallest absolute Gasteiger partial charge is 0.135 e. The summed E-state index contributed by atoms with van der Waals surface area (Å²) >= 11 is 1.54. The number of benzene rings is 2. The number of thiophene rings is 1. The third kappa shape index (κ3) is 4.33. The van der Waals surface area contributed by atoms with Gasteiger partial charge in [0.25, 0.3) is 0 Å². The second-order valence-electron chi connectivity index (χ2n) is 9.12. The number of hydrogen-bond acceptors (Lipinski definition) is 2. The van der Waals surface area contributed by atoms with Crippen LogP contribution in [0.1, 0.15) is 67.9 Å². The second-order valence-corrected chi connectivity index (χ2v) is 10.2. The molecule has 0 bridgehead atoms. The predicted molar refractivity (Wildman–Crippen MR) is 123 cm³/mol. The molecule has 2 aliphatic rings. The van der Waals surface area contributed by atoms with Crippen molar-refractivity contribution in [3.63, 3.8) is 0 Å². The third-order valence-corrected chi connectivity index (χ3v) is 8.06. The van der Waals surface area contributed by atoms with Gasteiger partial charge < -0.3 is 4.74 Å². The summed E-state index contributed by atoms with van der Waals surface area (Å²) in [6.07, 6.45) is 7.17. The molecule has 2 fully saturated rings. The van der Waals surface area contributed by atoms with Gasteiger partial charge in [0.2, 0.25) is 0 Å². The van der Waals surface area contributed by atoms with E-state index < -0.39 is 11.6 Å². The maximum atomic E-state index is 15.0. The molecule has 162 valence electrons. The van der Waals surface area contributed by atoms with Crippen LogP contribution in [0.3, 0.4) is 0 Å². The van der Waals surface area contributed by atoms with E-state index in [1.807, 2.05) is 30.3 Å². The minimum absolute atomic E-state index is 0.0966. The molecular formula is C27H28F2OS. The Bertz CT molecular complexity index is 1020. The van der Waals surface area contributed by atoms with Crippen LogP contribution in [0.5, 0.6) is 0 Å². The molecule has 2 heterocycles. The molecule has 1 aromatic heterocycles. The molecule has 0 spiro atoms. The molecule has 4 heteroatoms. The standard InChI is InChI=1S/C27H28F2OS/c1-17-6-11-24(30-16-17)19-9-7-18(8-10-19)21-14-22(28)27(23(29)15-21)26-13-12-25(31-26)20-4-2-3-5-20/h7-10,12-15,17,20,24H,2-6,11,16H2,1H3. The second kappa shape index (κ2) is 8.84. The van der Waals surface area contributed by atoms with Crippen LogP contribution in [-0.4, -0.2) is 6.61 Å². The quantitative estimate of drug-likeness (QED) is 0.397. The van der Waals surface area contributed by atoms with Crippen molar-refractivity contribution in [2.45, 2.75) is 57.5 Å². The molecule has 1 aliphatic carbocycles. The Morgan fingerprint density at radius 1 is 0.839 bits per heavy atom. The summed E-state index contributed by atoms with van der Waals surface area (Å²) in [5.74, 6) is 0.170. The van der Waals surface area contributed by atoms with Crippen LogP contribution in [0.2, 0.25) is 0 Å². The summed E-state index contributed by atoms with van der Waals surface area (Å²) in [7, 11) is 0. The van der Waals surface area contributed by atoms with Crippen molar-refractivity contribution in [2.75, 3.05) is 6.61 Å². The molecule has 0 radical (unpaired) electrons. The zero-order chi connectivity index (χ0) is 21.4. The Hall–Kier alpha value is -2.04. The van der Waals surface area contributed by atoms with Gasteiger partial charge in [0.05, 0.1) is 11.7 Å². The Morgan fingerprint density at radius 2 is 1.55 bits per heavy atom. The lowest BCUT2D eigenvalue weighted by Gasteiger charge is -2.27. The summed E-state index contributed by atoms with van der Waals surface area (Å²) in [6.45, 7) is 2.99. The van der Waals surface area contributed by atoms with E-state index in [1.54, 1.807) is 0 Å². The summed E-state index contributed by atoms with van der Waals surface area (Å²) in [4.78, 5) is 1.94. The van der Waals surface area contributed by atoms with Gasteiger partial charge in [-0.3, -0.25) is 0 Å². The highest BCUT2D eigenvalue weighted by molar-refractivity contribution is 7.15. The van der Waals surface area contributed by atoms with Gasteiger partial charge in [-0.25, -0.2) is 8.78 Å². The van der Waals surface area contributed by atoms with Crippen molar-refractivity contribution >= 4 is 11.3 Å². The van der Waals surface area contributed by atoms with Gasteiger partial charge in [-0.1, -0.05) is 44.0 Å². The SMILES string of the molecule is CC1CCC(c2ccc(-c3cc(F)c(-c4ccc(C5CCCC5)s4)c(F)c3)cc2)OC1. The van der Waals surface area contributed by atoms with E-state index >= 15 is 8.78 Å². The maximum Gasteiger partial charge on any atom is 0.135 e. The number of halogens is 2. The Kier molecular flexibility index (Phi) is 5.94. The Labute approximate surface area is 187 Å². The molecule has 1 nitrogen and oxygen atoms in total. The van der Waals surface area contributed by atoms with E-state index in [9.17, 15) is 0 Å². The predicted octanol–water partition coefficient (Wildman–Crippen LogP) is 8.51. The number of hydrogen-bond donors (Lipinski definition) is 0. The molecule has 2 atom stereocenters. The Balaban J connectivity index is 1.38. The van der Waals surface area contributed by atoms with Crippen LogP contribution in [-0.2, 0) is 4.74 Å². The van der Waals surface area contributed by atoms with Gasteiger partial charge in [0, 0.05) is 16.4 Å². The van der Waals surface area contributed by atoms with Crippen molar-refractivity contribution in [3.05, 3.63) is 70.6 Å². The number of ether oxygens (including phenoxy) is 1. The van der Waals surface area contributed by atoms with Gasteiger partial charge in [-0.05, 0) is 78.5 Å². The van der Waals surface area contributed by atoms with Gasteiger partial charge in [-0.2, -0.15) is 0 Å². The van der Waals surface area contributed by atoms with Crippen molar-refractivity contribution in [1.29, 1.82) is 0 Å². The molecule has 31 heavy (non-hydrogen) atoms. The average Bonchev–Trinajstić information content (AvgIpc) is 3.46. The fourth-order valence-electron chi connectivity index (χ4n) is 4.93. The summed E-state index contributed by atoms with van der Waals surface area (Å²) in [5.41, 5.74) is 2.61. The van der Waals surface area contributed by atoms with Crippen LogP contribution in [0.15, 0.2) is 48.5 Å². The lowest BCUT2D eigenvalue weighted by molar-refractivity contribution is -0.0123. The molecule has 3 aromatic rings. The lowest BCUT2D eigenvalue weighted by atomic mass is 9.94. The van der Waals surface area contributed by atoms with Crippen LogP contribution in [0.4, 0.5) is 8.78 Å². The highest BCUT2D eigenvalue weighted by atomic mass is 32.1. The van der Waals surface area contributed by atoms with Crippen LogP contribution in [0.25, 0.3) is 21.6 Å². The average molecular weight is 439 g/mol. The zero-order valence-electron chi connectivity index (χ0n) is 17.9. The molecule has 2 aromatic carbocycles. The van der Waals surface area contributed by atoms with Crippen LogP contribution in [0, 0.1) is 17.6 Å². The first-order chi connectivity index (χ1) is 15.1. The first-order valence-electron chi connectivity index (χ1n) is 11.4. The summed E-state index contributed by atoms with van der Waals surface area (Å²) in [6, 6.07) is 14.8. The molecule has 0 amide bonds. The maximum absolute atomic E-state index is 15.0. The minimum Gasteiger partial charge on any atom is -0.373 e. The van der Waals surface area contributed by atoms with Crippen molar-refractivity contribution in [3.8, 4) is 21.6 Å². The number of rotatable bonds is 4. The zero-order valence-corrected chi connectivity index (χ0v) is 18.7. The van der Waals surface area contributed by atoms with E-state index in [0.29, 0.717) is 22.3 Å².